The van der Waals surface area contributed by atoms with Gasteiger partial charge in [-0.3, -0.25) is 5.10 Å². The van der Waals surface area contributed by atoms with E-state index in [9.17, 15) is 0 Å². The lowest BCUT2D eigenvalue weighted by Crippen LogP contribution is -2.06. The minimum atomic E-state index is 0.448. The van der Waals surface area contributed by atoms with E-state index in [0.29, 0.717) is 17.3 Å². The second-order valence-electron chi connectivity index (χ2n) is 6.16. The number of nitrogens with one attached hydrogen (secondary N) is 1. The van der Waals surface area contributed by atoms with Crippen LogP contribution in [0, 0.1) is 5.41 Å². The Morgan fingerprint density at radius 2 is 1.88 bits per heavy atom. The molecule has 2 aliphatic rings. The van der Waals surface area contributed by atoms with Crippen LogP contribution in [0.1, 0.15) is 75.9 Å². The summed E-state index contributed by atoms with van der Waals surface area (Å²) < 4.78 is 0. The van der Waals surface area contributed by atoms with Crippen molar-refractivity contribution in [2.45, 2.75) is 64.2 Å². The average Bonchev–Trinajstić information content (AvgIpc) is 2.76. The Labute approximate surface area is 97.1 Å². The summed E-state index contributed by atoms with van der Waals surface area (Å²) in [7, 11) is 0. The van der Waals surface area contributed by atoms with E-state index in [-0.39, 0.29) is 0 Å². The number of hydrogen-bond acceptors (Lipinski definition) is 2. The van der Waals surface area contributed by atoms with Crippen LogP contribution < -0.4 is 0 Å². The van der Waals surface area contributed by atoms with Gasteiger partial charge in [0.25, 0.3) is 0 Å². The predicted octanol–water partition coefficient (Wildman–Crippen LogP) is 3.37. The zero-order valence-electron chi connectivity index (χ0n) is 10.3. The normalized spacial score (nSPS) is 29.2. The van der Waals surface area contributed by atoms with Crippen LogP contribution in [0.2, 0.25) is 0 Å². The highest BCUT2D eigenvalue weighted by atomic mass is 15.2. The van der Waals surface area contributed by atoms with Crippen LogP contribution in [0.15, 0.2) is 0 Å². The second kappa shape index (κ2) is 3.57. The molecule has 3 nitrogen and oxygen atoms in total. The summed E-state index contributed by atoms with van der Waals surface area (Å²) in [5.41, 5.74) is 0.448. The summed E-state index contributed by atoms with van der Waals surface area (Å²) in [6.45, 7) is 4.61. The van der Waals surface area contributed by atoms with E-state index in [0.717, 1.165) is 11.6 Å². The number of H-pyrrole nitrogens is 1. The van der Waals surface area contributed by atoms with Gasteiger partial charge in [-0.15, -0.1) is 0 Å². The first-order chi connectivity index (χ1) is 7.67. The maximum atomic E-state index is 4.72. The van der Waals surface area contributed by atoms with Crippen molar-refractivity contribution >= 4 is 0 Å². The third-order valence-electron chi connectivity index (χ3n) is 4.33. The Morgan fingerprint density at radius 3 is 2.50 bits per heavy atom. The third kappa shape index (κ3) is 1.76. The topological polar surface area (TPSA) is 41.6 Å². The Kier molecular flexibility index (Phi) is 2.30. The number of aromatic amines is 1. The molecule has 0 radical (unpaired) electrons. The molecule has 0 bridgehead atoms. The fourth-order valence-electron chi connectivity index (χ4n) is 2.92. The number of hydrogen-bond donors (Lipinski definition) is 1. The molecule has 1 N–H and O–H groups in total. The Morgan fingerprint density at radius 1 is 1.19 bits per heavy atom. The largest absolute Gasteiger partial charge is 0.263 e. The van der Waals surface area contributed by atoms with Gasteiger partial charge in [-0.25, -0.2) is 4.98 Å². The molecule has 2 saturated carbocycles. The molecule has 1 unspecified atom stereocenters. The maximum absolute atomic E-state index is 4.72. The van der Waals surface area contributed by atoms with Crippen molar-refractivity contribution < 1.29 is 0 Å². The van der Waals surface area contributed by atoms with Crippen molar-refractivity contribution in [3.05, 3.63) is 11.6 Å². The van der Waals surface area contributed by atoms with E-state index < -0.39 is 0 Å². The van der Waals surface area contributed by atoms with Crippen LogP contribution >= 0.6 is 0 Å². The van der Waals surface area contributed by atoms with Crippen LogP contribution in [0.4, 0.5) is 0 Å². The molecule has 1 atom stereocenters. The molecule has 1 aromatic rings. The van der Waals surface area contributed by atoms with Crippen LogP contribution in [0.25, 0.3) is 0 Å². The van der Waals surface area contributed by atoms with E-state index in [1.807, 2.05) is 0 Å². The molecule has 3 rings (SSSR count). The van der Waals surface area contributed by atoms with E-state index in [1.54, 1.807) is 0 Å². The molecule has 1 aromatic heterocycles. The second-order valence-corrected chi connectivity index (χ2v) is 6.16. The minimum absolute atomic E-state index is 0.448. The van der Waals surface area contributed by atoms with E-state index in [2.05, 4.69) is 24.0 Å². The molecular weight excluding hydrogens is 198 g/mol. The molecule has 0 spiro atoms. The Hall–Kier alpha value is -0.860. The highest BCUT2D eigenvalue weighted by molar-refractivity contribution is 5.16. The van der Waals surface area contributed by atoms with Gasteiger partial charge in [0.15, 0.2) is 5.82 Å². The molecule has 3 heteroatoms. The highest BCUT2D eigenvalue weighted by Gasteiger charge is 2.48. The average molecular weight is 219 g/mol. The molecule has 2 aliphatic carbocycles. The lowest BCUT2D eigenvalue weighted by molar-refractivity contribution is 0.429. The van der Waals surface area contributed by atoms with E-state index >= 15 is 0 Å². The van der Waals surface area contributed by atoms with Gasteiger partial charge in [0, 0.05) is 11.8 Å². The van der Waals surface area contributed by atoms with Crippen molar-refractivity contribution in [2.75, 3.05) is 0 Å². The van der Waals surface area contributed by atoms with E-state index in [4.69, 9.17) is 4.98 Å². The van der Waals surface area contributed by atoms with Gasteiger partial charge < -0.3 is 0 Å². The zero-order chi connectivity index (χ0) is 11.2. The van der Waals surface area contributed by atoms with Crippen molar-refractivity contribution in [1.29, 1.82) is 0 Å². The summed E-state index contributed by atoms with van der Waals surface area (Å²) in [5.74, 6) is 3.46. The number of nitrogens with zero attached hydrogens (tertiary/aromatic N) is 2. The van der Waals surface area contributed by atoms with Crippen LogP contribution in [0.3, 0.4) is 0 Å². The number of aromatic nitrogens is 3. The Bertz CT molecular complexity index is 374. The van der Waals surface area contributed by atoms with Gasteiger partial charge in [-0.2, -0.15) is 5.10 Å². The predicted molar refractivity (Wildman–Crippen MR) is 63.3 cm³/mol. The van der Waals surface area contributed by atoms with Gasteiger partial charge in [-0.05, 0) is 24.7 Å². The lowest BCUT2D eigenvalue weighted by atomic mass is 9.89. The van der Waals surface area contributed by atoms with Crippen LogP contribution in [0.5, 0.6) is 0 Å². The first kappa shape index (κ1) is 10.3. The molecule has 88 valence electrons. The van der Waals surface area contributed by atoms with Gasteiger partial charge in [0.2, 0.25) is 0 Å². The van der Waals surface area contributed by atoms with Gasteiger partial charge >= 0.3 is 0 Å². The Balaban J connectivity index is 1.72. The smallest absolute Gasteiger partial charge is 0.153 e. The van der Waals surface area contributed by atoms with Crippen molar-refractivity contribution in [3.63, 3.8) is 0 Å². The molecule has 0 aromatic carbocycles. The first-order valence-electron chi connectivity index (χ1n) is 6.59. The number of rotatable bonds is 2. The van der Waals surface area contributed by atoms with Crippen LogP contribution in [-0.4, -0.2) is 15.2 Å². The van der Waals surface area contributed by atoms with Crippen molar-refractivity contribution in [3.8, 4) is 0 Å². The SMILES string of the molecule is CC1(C)CC1c1nc(C2CCCCC2)n[nH]1. The van der Waals surface area contributed by atoms with Gasteiger partial charge in [0.05, 0.1) is 0 Å². The first-order valence-corrected chi connectivity index (χ1v) is 6.59. The maximum Gasteiger partial charge on any atom is 0.153 e. The van der Waals surface area contributed by atoms with Gasteiger partial charge in [0.1, 0.15) is 5.82 Å². The van der Waals surface area contributed by atoms with Gasteiger partial charge in [-0.1, -0.05) is 33.1 Å². The third-order valence-corrected chi connectivity index (χ3v) is 4.33. The molecule has 2 fully saturated rings. The van der Waals surface area contributed by atoms with Crippen molar-refractivity contribution in [1.82, 2.24) is 15.2 Å². The standard InChI is InChI=1S/C13H21N3/c1-13(2)8-10(13)12-14-11(15-16-12)9-6-4-3-5-7-9/h9-10H,3-8H2,1-2H3,(H,14,15,16). The highest BCUT2D eigenvalue weighted by Crippen LogP contribution is 2.57. The molecule has 0 saturated heterocycles. The minimum Gasteiger partial charge on any atom is -0.263 e. The van der Waals surface area contributed by atoms with Crippen LogP contribution in [-0.2, 0) is 0 Å². The lowest BCUT2D eigenvalue weighted by Gasteiger charge is -2.18. The van der Waals surface area contributed by atoms with E-state index in [1.165, 1.54) is 38.5 Å². The molecule has 1 heterocycles. The summed E-state index contributed by atoms with van der Waals surface area (Å²) in [5, 5.41) is 7.59. The zero-order valence-corrected chi connectivity index (χ0v) is 10.3. The molecule has 0 amide bonds. The summed E-state index contributed by atoms with van der Waals surface area (Å²) >= 11 is 0. The monoisotopic (exact) mass is 219 g/mol. The van der Waals surface area contributed by atoms with Crippen molar-refractivity contribution in [2.24, 2.45) is 5.41 Å². The summed E-state index contributed by atoms with van der Waals surface area (Å²) in [6, 6.07) is 0. The quantitative estimate of drug-likeness (QED) is 0.828. The fourth-order valence-corrected chi connectivity index (χ4v) is 2.92. The molecule has 0 aliphatic heterocycles. The summed E-state index contributed by atoms with van der Waals surface area (Å²) in [6.07, 6.45) is 7.92. The molecular formula is C13H21N3. The summed E-state index contributed by atoms with van der Waals surface area (Å²) in [4.78, 5) is 4.72. The fraction of sp³-hybridized carbons (Fsp3) is 0.846. The molecule has 16 heavy (non-hydrogen) atoms.